The lowest BCUT2D eigenvalue weighted by Crippen LogP contribution is -2.12. The van der Waals surface area contributed by atoms with E-state index >= 15 is 0 Å². The van der Waals surface area contributed by atoms with Gasteiger partial charge in [-0.1, -0.05) is 26.0 Å². The van der Waals surface area contributed by atoms with E-state index in [9.17, 15) is 4.79 Å². The molecular formula is C16H20N2O2S. The molecule has 0 fully saturated rings. The normalized spacial score (nSPS) is 10.7. The molecule has 1 amide bonds. The van der Waals surface area contributed by atoms with Crippen LogP contribution < -0.4 is 15.8 Å². The van der Waals surface area contributed by atoms with Crippen molar-refractivity contribution in [2.45, 2.75) is 20.8 Å². The highest BCUT2D eigenvalue weighted by molar-refractivity contribution is 7.14. The lowest BCUT2D eigenvalue weighted by molar-refractivity contribution is 0.103. The zero-order chi connectivity index (χ0) is 15.4. The molecule has 2 aromatic rings. The molecule has 0 saturated carbocycles. The quantitative estimate of drug-likeness (QED) is 0.879. The first kappa shape index (κ1) is 15.4. The molecule has 0 spiro atoms. The van der Waals surface area contributed by atoms with Crippen LogP contribution in [0.4, 0.5) is 11.4 Å². The van der Waals surface area contributed by atoms with Crippen LogP contribution in [0.15, 0.2) is 30.3 Å². The Balaban J connectivity index is 2.13. The maximum Gasteiger partial charge on any atom is 0.265 e. The molecule has 0 aliphatic rings. The summed E-state index contributed by atoms with van der Waals surface area (Å²) in [6.07, 6.45) is 0. The monoisotopic (exact) mass is 304 g/mol. The van der Waals surface area contributed by atoms with Crippen molar-refractivity contribution in [3.05, 3.63) is 40.1 Å². The van der Waals surface area contributed by atoms with Gasteiger partial charge in [0.15, 0.2) is 0 Å². The van der Waals surface area contributed by atoms with Crippen LogP contribution in [0.5, 0.6) is 5.75 Å². The van der Waals surface area contributed by atoms with Crippen LogP contribution in [-0.2, 0) is 0 Å². The summed E-state index contributed by atoms with van der Waals surface area (Å²) in [5.74, 6) is 0.940. The number of amides is 1. The molecule has 1 aromatic carbocycles. The van der Waals surface area contributed by atoms with Crippen LogP contribution in [0.3, 0.4) is 0 Å². The standard InChI is InChI=1S/C16H20N2O2S/c1-10(2)9-20-14-7-5-4-6-13(14)18-16(19)15-8-12(17)11(3)21-15/h4-8,10H,9,17H2,1-3H3,(H,18,19). The number of benzene rings is 1. The smallest absolute Gasteiger partial charge is 0.265 e. The van der Waals surface area contributed by atoms with Gasteiger partial charge in [-0.3, -0.25) is 4.79 Å². The number of hydrogen-bond acceptors (Lipinski definition) is 4. The van der Waals surface area contributed by atoms with Gasteiger partial charge < -0.3 is 15.8 Å². The van der Waals surface area contributed by atoms with Crippen molar-refractivity contribution in [2.24, 2.45) is 5.92 Å². The first-order valence-electron chi connectivity index (χ1n) is 6.86. The molecule has 2 rings (SSSR count). The Bertz CT molecular complexity index is 615. The number of anilines is 2. The summed E-state index contributed by atoms with van der Waals surface area (Å²) in [7, 11) is 0. The lowest BCUT2D eigenvalue weighted by atomic mass is 10.2. The molecule has 3 N–H and O–H groups in total. The Morgan fingerprint density at radius 3 is 2.71 bits per heavy atom. The van der Waals surface area contributed by atoms with Crippen molar-refractivity contribution >= 4 is 28.6 Å². The highest BCUT2D eigenvalue weighted by Gasteiger charge is 2.13. The van der Waals surface area contributed by atoms with Crippen molar-refractivity contribution in [3.63, 3.8) is 0 Å². The highest BCUT2D eigenvalue weighted by atomic mass is 32.1. The van der Waals surface area contributed by atoms with Gasteiger partial charge in [-0.05, 0) is 31.0 Å². The molecule has 0 radical (unpaired) electrons. The molecule has 0 aliphatic carbocycles. The van der Waals surface area contributed by atoms with Gasteiger partial charge >= 0.3 is 0 Å². The van der Waals surface area contributed by atoms with Crippen LogP contribution >= 0.6 is 11.3 Å². The molecule has 0 aliphatic heterocycles. The van der Waals surface area contributed by atoms with E-state index in [4.69, 9.17) is 10.5 Å². The summed E-state index contributed by atoms with van der Waals surface area (Å²) in [4.78, 5) is 13.8. The number of nitrogens with one attached hydrogen (secondary N) is 1. The molecule has 0 atom stereocenters. The number of carbonyl (C=O) groups is 1. The number of rotatable bonds is 5. The fourth-order valence-electron chi connectivity index (χ4n) is 1.74. The van der Waals surface area contributed by atoms with E-state index < -0.39 is 0 Å². The third-order valence-corrected chi connectivity index (χ3v) is 3.95. The fourth-order valence-corrected chi connectivity index (χ4v) is 2.58. The number of nitrogen functional groups attached to an aromatic ring is 1. The van der Waals surface area contributed by atoms with Crippen molar-refractivity contribution < 1.29 is 9.53 Å². The van der Waals surface area contributed by atoms with E-state index in [-0.39, 0.29) is 5.91 Å². The second kappa shape index (κ2) is 6.63. The molecule has 4 nitrogen and oxygen atoms in total. The molecule has 0 bridgehead atoms. The first-order valence-corrected chi connectivity index (χ1v) is 7.68. The van der Waals surface area contributed by atoms with Gasteiger partial charge in [-0.25, -0.2) is 0 Å². The number of ether oxygens (including phenoxy) is 1. The largest absolute Gasteiger partial charge is 0.491 e. The molecule has 1 heterocycles. The Morgan fingerprint density at radius 1 is 1.38 bits per heavy atom. The number of thiophene rings is 1. The fraction of sp³-hybridized carbons (Fsp3) is 0.312. The van der Waals surface area contributed by atoms with E-state index in [1.165, 1.54) is 11.3 Å². The summed E-state index contributed by atoms with van der Waals surface area (Å²) in [6.45, 7) is 6.67. The van der Waals surface area contributed by atoms with Crippen LogP contribution in [0.1, 0.15) is 28.4 Å². The van der Waals surface area contributed by atoms with Gasteiger partial charge in [0.05, 0.1) is 17.2 Å². The van der Waals surface area contributed by atoms with E-state index in [0.717, 1.165) is 4.88 Å². The highest BCUT2D eigenvalue weighted by Crippen LogP contribution is 2.28. The molecule has 112 valence electrons. The second-order valence-corrected chi connectivity index (χ2v) is 6.53. The van der Waals surface area contributed by atoms with E-state index in [1.807, 2.05) is 31.2 Å². The van der Waals surface area contributed by atoms with Crippen LogP contribution in [0.25, 0.3) is 0 Å². The summed E-state index contributed by atoms with van der Waals surface area (Å²) < 4.78 is 5.73. The number of aryl methyl sites for hydroxylation is 1. The van der Waals surface area contributed by atoms with Gasteiger partial charge in [0.2, 0.25) is 0 Å². The Labute approximate surface area is 128 Å². The van der Waals surface area contributed by atoms with E-state index in [2.05, 4.69) is 19.2 Å². The van der Waals surface area contributed by atoms with Crippen molar-refractivity contribution in [3.8, 4) is 5.75 Å². The zero-order valence-corrected chi connectivity index (χ0v) is 13.3. The van der Waals surface area contributed by atoms with Crippen molar-refractivity contribution in [1.29, 1.82) is 0 Å². The third-order valence-electron chi connectivity index (χ3n) is 2.89. The number of carbonyl (C=O) groups excluding carboxylic acids is 1. The van der Waals surface area contributed by atoms with Gasteiger partial charge in [0.1, 0.15) is 5.75 Å². The number of hydrogen-bond donors (Lipinski definition) is 2. The van der Waals surface area contributed by atoms with Crippen LogP contribution in [0.2, 0.25) is 0 Å². The summed E-state index contributed by atoms with van der Waals surface area (Å²) in [6, 6.07) is 9.14. The van der Waals surface area contributed by atoms with Crippen molar-refractivity contribution in [2.75, 3.05) is 17.7 Å². The topological polar surface area (TPSA) is 64.3 Å². The van der Waals surface area contributed by atoms with Crippen molar-refractivity contribution in [1.82, 2.24) is 0 Å². The number of para-hydroxylation sites is 2. The average Bonchev–Trinajstić information content (AvgIpc) is 2.78. The second-order valence-electron chi connectivity index (χ2n) is 5.28. The zero-order valence-electron chi connectivity index (χ0n) is 12.5. The minimum atomic E-state index is -0.166. The molecular weight excluding hydrogens is 284 g/mol. The Hall–Kier alpha value is -2.01. The summed E-state index contributed by atoms with van der Waals surface area (Å²) in [5, 5.41) is 2.88. The summed E-state index contributed by atoms with van der Waals surface area (Å²) >= 11 is 1.39. The maximum atomic E-state index is 12.3. The molecule has 21 heavy (non-hydrogen) atoms. The van der Waals surface area contributed by atoms with Crippen LogP contribution in [-0.4, -0.2) is 12.5 Å². The SMILES string of the molecule is Cc1sc(C(=O)Nc2ccccc2OCC(C)C)cc1N. The van der Waals surface area contributed by atoms with Gasteiger partial charge in [-0.15, -0.1) is 11.3 Å². The molecule has 1 aromatic heterocycles. The maximum absolute atomic E-state index is 12.3. The minimum Gasteiger partial charge on any atom is -0.491 e. The van der Waals surface area contributed by atoms with Gasteiger partial charge in [0, 0.05) is 10.6 Å². The Kier molecular flexibility index (Phi) is 4.85. The molecule has 0 unspecified atom stereocenters. The predicted octanol–water partition coefficient (Wildman–Crippen LogP) is 3.93. The van der Waals surface area contributed by atoms with Crippen LogP contribution in [0, 0.1) is 12.8 Å². The average molecular weight is 304 g/mol. The Morgan fingerprint density at radius 2 is 2.10 bits per heavy atom. The van der Waals surface area contributed by atoms with E-state index in [0.29, 0.717) is 34.5 Å². The number of nitrogens with two attached hydrogens (primary N) is 1. The minimum absolute atomic E-state index is 0.166. The molecule has 5 heteroatoms. The summed E-state index contributed by atoms with van der Waals surface area (Å²) in [5.41, 5.74) is 7.11. The third kappa shape index (κ3) is 3.98. The predicted molar refractivity (Wildman–Crippen MR) is 88.2 cm³/mol. The van der Waals surface area contributed by atoms with Gasteiger partial charge in [-0.2, -0.15) is 0 Å². The van der Waals surface area contributed by atoms with E-state index in [1.54, 1.807) is 6.07 Å². The van der Waals surface area contributed by atoms with Gasteiger partial charge in [0.25, 0.3) is 5.91 Å². The molecule has 0 saturated heterocycles. The first-order chi connectivity index (χ1) is 9.97. The lowest BCUT2D eigenvalue weighted by Gasteiger charge is -2.13.